The first kappa shape index (κ1) is 30.0. The van der Waals surface area contributed by atoms with Crippen LogP contribution in [-0.2, 0) is 35.3 Å². The maximum Gasteiger partial charge on any atom is 0.353 e. The predicted molar refractivity (Wildman–Crippen MR) is 150 cm³/mol. The molecule has 2 aromatic heterocycles. The largest absolute Gasteiger partial charge is 0.479 e. The first-order valence-electron chi connectivity index (χ1n) is 12.5. The second-order valence-electron chi connectivity index (χ2n) is 10.8. The zero-order valence-electron chi connectivity index (χ0n) is 23.1. The van der Waals surface area contributed by atoms with Crippen LogP contribution in [0.4, 0.5) is 5.13 Å². The molecule has 1 saturated heterocycles. The number of fused-ring (bicyclic) bond motifs is 1. The van der Waals surface area contributed by atoms with Crippen LogP contribution in [-0.4, -0.2) is 73.1 Å². The molecule has 2 aliphatic heterocycles. The van der Waals surface area contributed by atoms with Gasteiger partial charge >= 0.3 is 11.9 Å². The van der Waals surface area contributed by atoms with Crippen molar-refractivity contribution in [1.82, 2.24) is 15.2 Å². The number of pyridine rings is 1. The normalized spacial score (nSPS) is 20.9. The number of esters is 1. The Morgan fingerprint density at radius 3 is 2.46 bits per heavy atom. The lowest BCUT2D eigenvalue weighted by atomic mass is 9.97. The van der Waals surface area contributed by atoms with E-state index >= 15 is 0 Å². The lowest BCUT2D eigenvalue weighted by molar-refractivity contribution is -0.689. The van der Waals surface area contributed by atoms with Crippen molar-refractivity contribution < 1.29 is 38.4 Å². The number of thioether (sulfide) groups is 1. The standard InChI is InChI=1S/C26H30N6O7S2/c1-25(2,3)38-23(37)26(4,5)39-30-16(15-11-28-24(27)41-15)19(33)29-17-20(34)32-18(22(35)36)14(13-40-21(17)32)12-31-9-7-6-8-10-31/h6-11,13,17-18,21H,12H2,1-5H3,(H3-,27,28,29,30,33,35,36)/p+1/t17-,18?,21-/m1/s1. The Labute approximate surface area is 244 Å². The van der Waals surface area contributed by atoms with Gasteiger partial charge in [-0.2, -0.15) is 0 Å². The summed E-state index contributed by atoms with van der Waals surface area (Å²) in [7, 11) is 0. The molecule has 1 unspecified atom stereocenters. The van der Waals surface area contributed by atoms with Crippen molar-refractivity contribution in [2.45, 2.75) is 69.8 Å². The Morgan fingerprint density at radius 1 is 1.20 bits per heavy atom. The minimum absolute atomic E-state index is 0.166. The topological polar surface area (TPSA) is 177 Å². The second kappa shape index (κ2) is 11.5. The third-order valence-corrected chi connectivity index (χ3v) is 8.01. The van der Waals surface area contributed by atoms with Gasteiger partial charge in [0, 0.05) is 23.9 Å². The number of nitrogens with one attached hydrogen (secondary N) is 1. The average molecular weight is 604 g/mol. The number of β-lactam (4-membered cyclic amide) rings is 1. The van der Waals surface area contributed by atoms with Gasteiger partial charge in [-0.25, -0.2) is 19.1 Å². The lowest BCUT2D eigenvalue weighted by Crippen LogP contribution is -2.74. The fourth-order valence-corrected chi connectivity index (χ4v) is 5.87. The van der Waals surface area contributed by atoms with Crippen molar-refractivity contribution in [3.8, 4) is 0 Å². The highest BCUT2D eigenvalue weighted by atomic mass is 32.2. The van der Waals surface area contributed by atoms with Crippen LogP contribution in [0.2, 0.25) is 0 Å². The van der Waals surface area contributed by atoms with E-state index in [4.69, 9.17) is 15.3 Å². The molecule has 0 radical (unpaired) electrons. The summed E-state index contributed by atoms with van der Waals surface area (Å²) in [4.78, 5) is 62.3. The Morgan fingerprint density at radius 2 is 1.88 bits per heavy atom. The number of rotatable bonds is 9. The average Bonchev–Trinajstić information content (AvgIpc) is 3.32. The molecule has 2 amide bonds. The molecule has 0 bridgehead atoms. The highest BCUT2D eigenvalue weighted by molar-refractivity contribution is 8.02. The minimum atomic E-state index is -1.55. The van der Waals surface area contributed by atoms with Crippen molar-refractivity contribution in [2.75, 3.05) is 5.73 Å². The van der Waals surface area contributed by atoms with E-state index in [2.05, 4.69) is 15.5 Å². The van der Waals surface area contributed by atoms with Crippen LogP contribution in [0.25, 0.3) is 0 Å². The molecule has 13 nitrogen and oxygen atoms in total. The summed E-state index contributed by atoms with van der Waals surface area (Å²) in [6.07, 6.45) is 4.93. The van der Waals surface area contributed by atoms with Crippen LogP contribution in [0.3, 0.4) is 0 Å². The van der Waals surface area contributed by atoms with Gasteiger partial charge in [-0.3, -0.25) is 9.59 Å². The summed E-state index contributed by atoms with van der Waals surface area (Å²) in [5, 5.41) is 17.8. The summed E-state index contributed by atoms with van der Waals surface area (Å²) in [5.41, 5.74) is 3.71. The number of hydrogen-bond donors (Lipinski definition) is 3. The van der Waals surface area contributed by atoms with E-state index in [0.29, 0.717) is 5.57 Å². The summed E-state index contributed by atoms with van der Waals surface area (Å²) < 4.78 is 7.19. The number of carbonyl (C=O) groups is 4. The number of amides is 2. The third-order valence-electron chi connectivity index (χ3n) is 5.96. The number of anilines is 1. The summed E-state index contributed by atoms with van der Waals surface area (Å²) in [6.45, 7) is 8.29. The van der Waals surface area contributed by atoms with Crippen LogP contribution in [0.5, 0.6) is 0 Å². The minimum Gasteiger partial charge on any atom is -0.479 e. The molecule has 0 saturated carbocycles. The summed E-state index contributed by atoms with van der Waals surface area (Å²) in [5.74, 6) is -3.20. The number of aliphatic carboxylic acids is 1. The number of ether oxygens (including phenoxy) is 1. The van der Waals surface area contributed by atoms with Crippen molar-refractivity contribution in [3.63, 3.8) is 0 Å². The van der Waals surface area contributed by atoms with E-state index in [0.717, 1.165) is 11.3 Å². The highest BCUT2D eigenvalue weighted by Crippen LogP contribution is 2.40. The van der Waals surface area contributed by atoms with E-state index in [9.17, 15) is 24.3 Å². The van der Waals surface area contributed by atoms with E-state index < -0.39 is 52.4 Å². The zero-order valence-corrected chi connectivity index (χ0v) is 24.7. The number of nitrogen functional groups attached to an aromatic ring is 1. The monoisotopic (exact) mass is 603 g/mol. The SMILES string of the molecule is CC(C)(C)OC(=O)C(C)(C)O/N=C(/C(=O)N[C@@H]1C(=O)N2C(C(=O)O)C(C[n+]3ccccc3)=CS[C@H]12)c1cnc(N)s1. The smallest absolute Gasteiger partial charge is 0.353 e. The molecule has 2 aromatic rings. The Hall–Kier alpha value is -3.98. The van der Waals surface area contributed by atoms with Crippen LogP contribution in [0, 0.1) is 0 Å². The number of thiazole rings is 1. The highest BCUT2D eigenvalue weighted by Gasteiger charge is 2.56. The number of carbonyl (C=O) groups excluding carboxylic acids is 3. The van der Waals surface area contributed by atoms with Crippen molar-refractivity contribution in [1.29, 1.82) is 0 Å². The molecule has 4 N–H and O–H groups in total. The van der Waals surface area contributed by atoms with Crippen molar-refractivity contribution in [2.24, 2.45) is 5.16 Å². The predicted octanol–water partition coefficient (Wildman–Crippen LogP) is 1.29. The third kappa shape index (κ3) is 6.68. The van der Waals surface area contributed by atoms with Crippen molar-refractivity contribution in [3.05, 3.63) is 52.6 Å². The maximum atomic E-state index is 13.4. The molecule has 15 heteroatoms. The van der Waals surface area contributed by atoms with Crippen molar-refractivity contribution >= 4 is 57.7 Å². The van der Waals surface area contributed by atoms with Gasteiger partial charge < -0.3 is 30.6 Å². The lowest BCUT2D eigenvalue weighted by Gasteiger charge is -2.51. The number of oxime groups is 1. The molecular weight excluding hydrogens is 572 g/mol. The maximum absolute atomic E-state index is 13.4. The van der Waals surface area contributed by atoms with E-state index in [1.807, 2.05) is 22.8 Å². The molecule has 0 aromatic carbocycles. The van der Waals surface area contributed by atoms with Gasteiger partial charge in [-0.15, -0.1) is 11.8 Å². The van der Waals surface area contributed by atoms with Gasteiger partial charge in [0.05, 0.1) is 4.88 Å². The number of hydrogen-bond acceptors (Lipinski definition) is 11. The number of nitrogens with two attached hydrogens (primary N) is 1. The molecule has 0 aliphatic carbocycles. The van der Waals surface area contributed by atoms with Gasteiger partial charge in [0.2, 0.25) is 11.5 Å². The van der Waals surface area contributed by atoms with Crippen LogP contribution >= 0.6 is 23.1 Å². The van der Waals surface area contributed by atoms with E-state index in [1.165, 1.54) is 36.7 Å². The molecule has 0 spiro atoms. The molecule has 3 atom stereocenters. The second-order valence-corrected chi connectivity index (χ2v) is 12.9. The first-order valence-corrected chi connectivity index (χ1v) is 14.3. The fraction of sp³-hybridized carbons (Fsp3) is 0.423. The number of carboxylic acid groups (broad SMARTS) is 1. The molecule has 218 valence electrons. The molecular formula is C26H31N6O7S2+. The molecule has 2 aliphatic rings. The fourth-order valence-electron chi connectivity index (χ4n) is 3.99. The van der Waals surface area contributed by atoms with E-state index in [-0.39, 0.29) is 22.3 Å². The van der Waals surface area contributed by atoms with Gasteiger partial charge in [-0.1, -0.05) is 22.6 Å². The van der Waals surface area contributed by atoms with Crippen LogP contribution in [0.1, 0.15) is 39.5 Å². The van der Waals surface area contributed by atoms with Gasteiger partial charge in [-0.05, 0) is 40.0 Å². The summed E-state index contributed by atoms with van der Waals surface area (Å²) >= 11 is 2.21. The molecule has 41 heavy (non-hydrogen) atoms. The number of carboxylic acids is 1. The Kier molecular flexibility index (Phi) is 8.40. The number of aromatic nitrogens is 2. The van der Waals surface area contributed by atoms with Gasteiger partial charge in [0.15, 0.2) is 35.8 Å². The first-order chi connectivity index (χ1) is 19.2. The zero-order chi connectivity index (χ0) is 30.1. The quantitative estimate of drug-likeness (QED) is 0.124. The number of nitrogens with zero attached hydrogens (tertiary/aromatic N) is 4. The summed E-state index contributed by atoms with van der Waals surface area (Å²) in [6, 6.07) is 3.29. The van der Waals surface area contributed by atoms with E-state index in [1.54, 1.807) is 38.6 Å². The molecule has 4 rings (SSSR count). The Bertz CT molecular complexity index is 1420. The van der Waals surface area contributed by atoms with Crippen LogP contribution < -0.4 is 15.6 Å². The molecule has 4 heterocycles. The van der Waals surface area contributed by atoms with Gasteiger partial charge in [0.1, 0.15) is 17.0 Å². The Balaban J connectivity index is 1.53. The van der Waals surface area contributed by atoms with Crippen LogP contribution in [0.15, 0.2) is 52.9 Å². The molecule has 1 fully saturated rings. The van der Waals surface area contributed by atoms with Gasteiger partial charge in [0.25, 0.3) is 5.91 Å².